The van der Waals surface area contributed by atoms with Crippen molar-refractivity contribution in [3.8, 4) is 5.75 Å². The van der Waals surface area contributed by atoms with Gasteiger partial charge in [-0.15, -0.1) is 0 Å². The first-order valence-electron chi connectivity index (χ1n) is 6.60. The van der Waals surface area contributed by atoms with Gasteiger partial charge < -0.3 is 9.67 Å². The number of hydrogen-bond donors (Lipinski definition) is 1. The summed E-state index contributed by atoms with van der Waals surface area (Å²) in [6.07, 6.45) is 0.861. The molecule has 102 valence electrons. The summed E-state index contributed by atoms with van der Waals surface area (Å²) < 4.78 is 3.19. The molecule has 20 heavy (non-hydrogen) atoms. The molecule has 3 nitrogen and oxygen atoms in total. The molecule has 3 aromatic rings. The molecule has 0 saturated carbocycles. The van der Waals surface area contributed by atoms with Crippen LogP contribution in [0.1, 0.15) is 18.3 Å². The van der Waals surface area contributed by atoms with E-state index in [2.05, 4.69) is 38.5 Å². The number of hydrogen-bond acceptors (Lipinski definition) is 2. The van der Waals surface area contributed by atoms with Crippen molar-refractivity contribution < 1.29 is 5.11 Å². The Labute approximate surface area is 126 Å². The van der Waals surface area contributed by atoms with Crippen LogP contribution in [-0.2, 0) is 13.0 Å². The molecule has 4 heteroatoms. The number of rotatable bonds is 3. The van der Waals surface area contributed by atoms with E-state index >= 15 is 0 Å². The van der Waals surface area contributed by atoms with E-state index in [4.69, 9.17) is 0 Å². The molecule has 1 heterocycles. The van der Waals surface area contributed by atoms with E-state index in [1.165, 1.54) is 0 Å². The summed E-state index contributed by atoms with van der Waals surface area (Å²) >= 11 is 3.48. The van der Waals surface area contributed by atoms with Gasteiger partial charge in [-0.3, -0.25) is 0 Å². The molecule has 0 spiro atoms. The Hall–Kier alpha value is -1.81. The first-order chi connectivity index (χ1) is 9.69. The largest absolute Gasteiger partial charge is 0.508 e. The van der Waals surface area contributed by atoms with Crippen molar-refractivity contribution in [2.45, 2.75) is 19.9 Å². The molecule has 0 fully saturated rings. The molecular formula is C16H15BrN2O. The zero-order valence-corrected chi connectivity index (χ0v) is 12.8. The summed E-state index contributed by atoms with van der Waals surface area (Å²) in [6.45, 7) is 2.73. The fraction of sp³-hybridized carbons (Fsp3) is 0.188. The van der Waals surface area contributed by atoms with E-state index in [-0.39, 0.29) is 0 Å². The minimum atomic E-state index is 0.327. The normalized spacial score (nSPS) is 11.1. The van der Waals surface area contributed by atoms with Crippen LogP contribution in [0.5, 0.6) is 5.75 Å². The Balaban J connectivity index is 2.12. The second-order valence-electron chi connectivity index (χ2n) is 4.73. The number of phenols is 1. The maximum absolute atomic E-state index is 9.95. The topological polar surface area (TPSA) is 38.0 Å². The lowest BCUT2D eigenvalue weighted by atomic mass is 10.2. The van der Waals surface area contributed by atoms with Gasteiger partial charge in [0.1, 0.15) is 11.6 Å². The van der Waals surface area contributed by atoms with Crippen molar-refractivity contribution in [3.63, 3.8) is 0 Å². The Bertz CT molecular complexity index is 764. The van der Waals surface area contributed by atoms with Crippen LogP contribution in [0.4, 0.5) is 0 Å². The Morgan fingerprint density at radius 3 is 2.75 bits per heavy atom. The quantitative estimate of drug-likeness (QED) is 0.784. The lowest BCUT2D eigenvalue weighted by molar-refractivity contribution is 0.466. The fourth-order valence-corrected chi connectivity index (χ4v) is 2.76. The molecule has 0 unspecified atom stereocenters. The molecule has 0 aliphatic carbocycles. The highest BCUT2D eigenvalue weighted by molar-refractivity contribution is 9.10. The number of nitrogens with zero attached hydrogens (tertiary/aromatic N) is 2. The van der Waals surface area contributed by atoms with Crippen molar-refractivity contribution in [1.29, 1.82) is 0 Å². The third-order valence-electron chi connectivity index (χ3n) is 3.43. The molecule has 1 aromatic heterocycles. The molecule has 0 aliphatic heterocycles. The van der Waals surface area contributed by atoms with Crippen molar-refractivity contribution in [3.05, 3.63) is 58.3 Å². The van der Waals surface area contributed by atoms with Crippen LogP contribution in [0.15, 0.2) is 46.9 Å². The average Bonchev–Trinajstić information content (AvgIpc) is 2.78. The summed E-state index contributed by atoms with van der Waals surface area (Å²) in [6, 6.07) is 13.5. The summed E-state index contributed by atoms with van der Waals surface area (Å²) in [5.74, 6) is 1.36. The van der Waals surface area contributed by atoms with Gasteiger partial charge in [0.25, 0.3) is 0 Å². The molecule has 0 amide bonds. The van der Waals surface area contributed by atoms with Crippen molar-refractivity contribution in [2.75, 3.05) is 0 Å². The second kappa shape index (κ2) is 5.29. The predicted molar refractivity (Wildman–Crippen MR) is 84.0 cm³/mol. The van der Waals surface area contributed by atoms with Gasteiger partial charge in [0.05, 0.1) is 17.6 Å². The van der Waals surface area contributed by atoms with Gasteiger partial charge in [0, 0.05) is 16.5 Å². The number of aromatic hydroxyl groups is 1. The van der Waals surface area contributed by atoms with Gasteiger partial charge in [-0.25, -0.2) is 4.98 Å². The third kappa shape index (κ3) is 2.31. The first kappa shape index (κ1) is 13.2. The highest BCUT2D eigenvalue weighted by Crippen LogP contribution is 2.24. The number of phenolic OH excluding ortho intramolecular Hbond substituents is 1. The van der Waals surface area contributed by atoms with Crippen LogP contribution in [0, 0.1) is 0 Å². The third-order valence-corrected chi connectivity index (χ3v) is 3.92. The monoisotopic (exact) mass is 330 g/mol. The molecular weight excluding hydrogens is 316 g/mol. The minimum Gasteiger partial charge on any atom is -0.508 e. The Morgan fingerprint density at radius 2 is 2.00 bits per heavy atom. The number of aryl methyl sites for hydroxylation is 1. The summed E-state index contributed by atoms with van der Waals surface area (Å²) in [5.41, 5.74) is 2.98. The van der Waals surface area contributed by atoms with E-state index < -0.39 is 0 Å². The van der Waals surface area contributed by atoms with Crippen molar-refractivity contribution in [1.82, 2.24) is 9.55 Å². The molecule has 0 atom stereocenters. The number of halogens is 1. The van der Waals surface area contributed by atoms with Crippen LogP contribution < -0.4 is 0 Å². The number of para-hydroxylation sites is 1. The standard InChI is InChI=1S/C16H15BrN2O/c1-2-16-18-13-9-12(17)7-8-14(13)19(16)10-11-5-3-4-6-15(11)20/h3-9,20H,2,10H2,1H3. The van der Waals surface area contributed by atoms with Crippen LogP contribution in [0.3, 0.4) is 0 Å². The van der Waals surface area contributed by atoms with Crippen LogP contribution in [0.25, 0.3) is 11.0 Å². The molecule has 0 aliphatic rings. The highest BCUT2D eigenvalue weighted by atomic mass is 79.9. The molecule has 3 rings (SSSR count). The summed E-state index contributed by atoms with van der Waals surface area (Å²) in [4.78, 5) is 4.67. The molecule has 0 saturated heterocycles. The van der Waals surface area contributed by atoms with Crippen LogP contribution in [-0.4, -0.2) is 14.7 Å². The molecule has 2 aromatic carbocycles. The number of fused-ring (bicyclic) bond motifs is 1. The first-order valence-corrected chi connectivity index (χ1v) is 7.40. The molecule has 0 bridgehead atoms. The highest BCUT2D eigenvalue weighted by Gasteiger charge is 2.11. The van der Waals surface area contributed by atoms with E-state index in [1.807, 2.05) is 30.3 Å². The number of aromatic nitrogens is 2. The van der Waals surface area contributed by atoms with Gasteiger partial charge >= 0.3 is 0 Å². The van der Waals surface area contributed by atoms with Gasteiger partial charge in [-0.2, -0.15) is 0 Å². The van der Waals surface area contributed by atoms with E-state index in [1.54, 1.807) is 6.07 Å². The maximum atomic E-state index is 9.95. The maximum Gasteiger partial charge on any atom is 0.120 e. The van der Waals surface area contributed by atoms with Crippen molar-refractivity contribution in [2.24, 2.45) is 0 Å². The number of benzene rings is 2. The molecule has 0 radical (unpaired) electrons. The fourth-order valence-electron chi connectivity index (χ4n) is 2.41. The zero-order valence-electron chi connectivity index (χ0n) is 11.2. The van der Waals surface area contributed by atoms with Gasteiger partial charge in [0.2, 0.25) is 0 Å². The van der Waals surface area contributed by atoms with Crippen molar-refractivity contribution >= 4 is 27.0 Å². The Kier molecular flexibility index (Phi) is 3.49. The SMILES string of the molecule is CCc1nc2cc(Br)ccc2n1Cc1ccccc1O. The summed E-state index contributed by atoms with van der Waals surface area (Å²) in [7, 11) is 0. The zero-order chi connectivity index (χ0) is 14.1. The smallest absolute Gasteiger partial charge is 0.120 e. The van der Waals surface area contributed by atoms with Crippen LogP contribution in [0.2, 0.25) is 0 Å². The van der Waals surface area contributed by atoms with Gasteiger partial charge in [0.15, 0.2) is 0 Å². The number of imidazole rings is 1. The Morgan fingerprint density at radius 1 is 1.20 bits per heavy atom. The average molecular weight is 331 g/mol. The van der Waals surface area contributed by atoms with E-state index in [9.17, 15) is 5.11 Å². The minimum absolute atomic E-state index is 0.327. The predicted octanol–water partition coefficient (Wildman–Crippen LogP) is 4.12. The second-order valence-corrected chi connectivity index (χ2v) is 5.65. The lowest BCUT2D eigenvalue weighted by Gasteiger charge is -2.09. The van der Waals surface area contributed by atoms with E-state index in [0.717, 1.165) is 33.3 Å². The summed E-state index contributed by atoms with van der Waals surface area (Å²) in [5, 5.41) is 9.95. The van der Waals surface area contributed by atoms with E-state index in [0.29, 0.717) is 12.3 Å². The van der Waals surface area contributed by atoms with Gasteiger partial charge in [-0.05, 0) is 24.3 Å². The van der Waals surface area contributed by atoms with Crippen LogP contribution >= 0.6 is 15.9 Å². The van der Waals surface area contributed by atoms with Gasteiger partial charge in [-0.1, -0.05) is 41.1 Å². The molecule has 1 N–H and O–H groups in total. The lowest BCUT2D eigenvalue weighted by Crippen LogP contribution is -2.04.